The van der Waals surface area contributed by atoms with E-state index in [1.807, 2.05) is 29.6 Å². The molecule has 0 aliphatic heterocycles. The minimum absolute atomic E-state index is 0.0860. The SMILES string of the molecule is O=c1[nH]c(CCBr)nc2scc(-c3ccc(Cl)cc3)c12. The maximum absolute atomic E-state index is 12.3. The van der Waals surface area contributed by atoms with Crippen LogP contribution in [0.15, 0.2) is 34.4 Å². The van der Waals surface area contributed by atoms with Crippen LogP contribution in [0.1, 0.15) is 5.82 Å². The molecule has 3 aromatic rings. The number of aromatic nitrogens is 2. The molecule has 3 rings (SSSR count). The minimum atomic E-state index is -0.0860. The number of fused-ring (bicyclic) bond motifs is 1. The van der Waals surface area contributed by atoms with Gasteiger partial charge in [-0.15, -0.1) is 11.3 Å². The van der Waals surface area contributed by atoms with Crippen molar-refractivity contribution in [3.63, 3.8) is 0 Å². The van der Waals surface area contributed by atoms with Gasteiger partial charge in [0.25, 0.3) is 5.56 Å². The monoisotopic (exact) mass is 368 g/mol. The fourth-order valence-electron chi connectivity index (χ4n) is 2.04. The number of halogens is 2. The van der Waals surface area contributed by atoms with Gasteiger partial charge in [0.2, 0.25) is 0 Å². The standard InChI is InChI=1S/C14H10BrClN2OS/c15-6-5-11-17-13(19)12-10(7-20-14(12)18-11)8-1-3-9(16)4-2-8/h1-4,7H,5-6H2,(H,17,18,19). The van der Waals surface area contributed by atoms with Crippen LogP contribution in [0.5, 0.6) is 0 Å². The average molecular weight is 370 g/mol. The number of rotatable bonds is 3. The molecule has 0 spiro atoms. The molecule has 0 saturated heterocycles. The molecular weight excluding hydrogens is 360 g/mol. The second kappa shape index (κ2) is 5.68. The Kier molecular flexibility index (Phi) is 3.92. The van der Waals surface area contributed by atoms with Gasteiger partial charge in [-0.25, -0.2) is 4.98 Å². The zero-order valence-corrected chi connectivity index (χ0v) is 13.5. The Morgan fingerprint density at radius 3 is 2.75 bits per heavy atom. The third kappa shape index (κ3) is 2.53. The summed E-state index contributed by atoms with van der Waals surface area (Å²) in [5, 5.41) is 4.07. The summed E-state index contributed by atoms with van der Waals surface area (Å²) in [4.78, 5) is 20.4. The number of thiophene rings is 1. The summed E-state index contributed by atoms with van der Waals surface area (Å²) in [6, 6.07) is 7.47. The van der Waals surface area contributed by atoms with E-state index in [1.165, 1.54) is 11.3 Å². The lowest BCUT2D eigenvalue weighted by atomic mass is 10.1. The maximum atomic E-state index is 12.3. The molecule has 6 heteroatoms. The van der Waals surface area contributed by atoms with Gasteiger partial charge in [0, 0.05) is 27.7 Å². The van der Waals surface area contributed by atoms with E-state index in [1.54, 1.807) is 0 Å². The predicted molar refractivity (Wildman–Crippen MR) is 88.2 cm³/mol. The van der Waals surface area contributed by atoms with Gasteiger partial charge in [0.15, 0.2) is 0 Å². The van der Waals surface area contributed by atoms with Gasteiger partial charge in [0.1, 0.15) is 10.7 Å². The largest absolute Gasteiger partial charge is 0.310 e. The van der Waals surface area contributed by atoms with E-state index in [0.29, 0.717) is 22.7 Å². The third-order valence-corrected chi connectivity index (χ3v) is 4.50. The second-order valence-corrected chi connectivity index (χ2v) is 6.38. The zero-order chi connectivity index (χ0) is 14.1. The molecule has 20 heavy (non-hydrogen) atoms. The first-order chi connectivity index (χ1) is 9.69. The fraction of sp³-hybridized carbons (Fsp3) is 0.143. The van der Waals surface area contributed by atoms with Gasteiger partial charge in [-0.05, 0) is 17.7 Å². The summed E-state index contributed by atoms with van der Waals surface area (Å²) in [6.07, 6.45) is 0.708. The number of hydrogen-bond donors (Lipinski definition) is 1. The Hall–Kier alpha value is -1.17. The molecule has 0 saturated carbocycles. The van der Waals surface area contributed by atoms with Crippen molar-refractivity contribution >= 4 is 49.1 Å². The van der Waals surface area contributed by atoms with Crippen LogP contribution in [-0.2, 0) is 6.42 Å². The summed E-state index contributed by atoms with van der Waals surface area (Å²) >= 11 is 10.7. The highest BCUT2D eigenvalue weighted by atomic mass is 79.9. The summed E-state index contributed by atoms with van der Waals surface area (Å²) in [5.74, 6) is 0.712. The number of alkyl halides is 1. The number of nitrogens with one attached hydrogen (secondary N) is 1. The number of nitrogens with zero attached hydrogens (tertiary/aromatic N) is 1. The first kappa shape index (κ1) is 13.8. The number of hydrogen-bond acceptors (Lipinski definition) is 3. The van der Waals surface area contributed by atoms with Crippen LogP contribution in [0.3, 0.4) is 0 Å². The van der Waals surface area contributed by atoms with Crippen molar-refractivity contribution in [3.05, 3.63) is 50.8 Å². The third-order valence-electron chi connectivity index (χ3n) is 2.98. The molecule has 0 aliphatic rings. The van der Waals surface area contributed by atoms with Gasteiger partial charge in [-0.3, -0.25) is 4.79 Å². The quantitative estimate of drug-likeness (QED) is 0.702. The molecule has 0 radical (unpaired) electrons. The second-order valence-electron chi connectivity index (χ2n) is 4.29. The van der Waals surface area contributed by atoms with Gasteiger partial charge >= 0.3 is 0 Å². The van der Waals surface area contributed by atoms with E-state index in [9.17, 15) is 4.79 Å². The topological polar surface area (TPSA) is 45.8 Å². The molecule has 2 aromatic heterocycles. The predicted octanol–water partition coefficient (Wildman–Crippen LogP) is 4.24. The normalized spacial score (nSPS) is 11.1. The molecule has 0 unspecified atom stereocenters. The minimum Gasteiger partial charge on any atom is -0.310 e. The van der Waals surface area contributed by atoms with Crippen LogP contribution in [0.4, 0.5) is 0 Å². The van der Waals surface area contributed by atoms with Gasteiger partial charge < -0.3 is 4.98 Å². The van der Waals surface area contributed by atoms with Gasteiger partial charge in [-0.1, -0.05) is 39.7 Å². The number of aromatic amines is 1. The van der Waals surface area contributed by atoms with Crippen molar-refractivity contribution in [1.29, 1.82) is 0 Å². The number of aryl methyl sites for hydroxylation is 1. The molecule has 102 valence electrons. The molecule has 0 aliphatic carbocycles. The summed E-state index contributed by atoms with van der Waals surface area (Å²) in [7, 11) is 0. The molecule has 2 heterocycles. The molecule has 3 nitrogen and oxygen atoms in total. The molecule has 0 bridgehead atoms. The van der Waals surface area contributed by atoms with Crippen molar-refractivity contribution in [2.45, 2.75) is 6.42 Å². The summed E-state index contributed by atoms with van der Waals surface area (Å²) in [5.41, 5.74) is 1.79. The van der Waals surface area contributed by atoms with Crippen molar-refractivity contribution < 1.29 is 0 Å². The number of benzene rings is 1. The highest BCUT2D eigenvalue weighted by Crippen LogP contribution is 2.31. The van der Waals surface area contributed by atoms with Crippen LogP contribution >= 0.6 is 38.9 Å². The summed E-state index contributed by atoms with van der Waals surface area (Å²) in [6.45, 7) is 0. The van der Waals surface area contributed by atoms with E-state index >= 15 is 0 Å². The Morgan fingerprint density at radius 1 is 1.30 bits per heavy atom. The highest BCUT2D eigenvalue weighted by molar-refractivity contribution is 9.09. The van der Waals surface area contributed by atoms with Crippen molar-refractivity contribution in [3.8, 4) is 11.1 Å². The van der Waals surface area contributed by atoms with E-state index in [4.69, 9.17) is 11.6 Å². The van der Waals surface area contributed by atoms with Gasteiger partial charge in [-0.2, -0.15) is 0 Å². The average Bonchev–Trinajstić information content (AvgIpc) is 2.84. The molecule has 1 aromatic carbocycles. The van der Waals surface area contributed by atoms with Crippen molar-refractivity contribution in [2.75, 3.05) is 5.33 Å². The van der Waals surface area contributed by atoms with E-state index in [-0.39, 0.29) is 5.56 Å². The fourth-order valence-corrected chi connectivity index (χ4v) is 3.51. The lowest BCUT2D eigenvalue weighted by Gasteiger charge is -2.01. The van der Waals surface area contributed by atoms with E-state index < -0.39 is 0 Å². The van der Waals surface area contributed by atoms with Crippen LogP contribution in [0.25, 0.3) is 21.3 Å². The Morgan fingerprint density at radius 2 is 2.05 bits per heavy atom. The van der Waals surface area contributed by atoms with Crippen LogP contribution in [0, 0.1) is 0 Å². The Labute approximate surface area is 132 Å². The molecular formula is C14H10BrClN2OS. The smallest absolute Gasteiger partial charge is 0.260 e. The van der Waals surface area contributed by atoms with E-state index in [2.05, 4.69) is 25.9 Å². The highest BCUT2D eigenvalue weighted by Gasteiger charge is 2.12. The Bertz CT molecular complexity index is 810. The zero-order valence-electron chi connectivity index (χ0n) is 10.3. The molecule has 0 amide bonds. The van der Waals surface area contributed by atoms with E-state index in [0.717, 1.165) is 21.3 Å². The molecule has 0 atom stereocenters. The van der Waals surface area contributed by atoms with Crippen LogP contribution in [-0.4, -0.2) is 15.3 Å². The van der Waals surface area contributed by atoms with Crippen molar-refractivity contribution in [2.24, 2.45) is 0 Å². The molecule has 0 fully saturated rings. The molecule has 1 N–H and O–H groups in total. The van der Waals surface area contributed by atoms with Crippen LogP contribution < -0.4 is 5.56 Å². The first-order valence-corrected chi connectivity index (χ1v) is 8.39. The van der Waals surface area contributed by atoms with Gasteiger partial charge in [0.05, 0.1) is 5.39 Å². The van der Waals surface area contributed by atoms with Crippen molar-refractivity contribution in [1.82, 2.24) is 9.97 Å². The lowest BCUT2D eigenvalue weighted by Crippen LogP contribution is -2.11. The van der Waals surface area contributed by atoms with Crippen LogP contribution in [0.2, 0.25) is 5.02 Å². The Balaban J connectivity index is 2.18. The number of H-pyrrole nitrogens is 1. The first-order valence-electron chi connectivity index (χ1n) is 6.01. The lowest BCUT2D eigenvalue weighted by molar-refractivity contribution is 0.960. The summed E-state index contributed by atoms with van der Waals surface area (Å²) < 4.78 is 0. The maximum Gasteiger partial charge on any atom is 0.260 e.